The number of aromatic amines is 2. The van der Waals surface area contributed by atoms with Crippen molar-refractivity contribution in [3.05, 3.63) is 36.9 Å². The molecule has 0 unspecified atom stereocenters. The molecule has 68 valence electrons. The SMILES string of the molecule is c1ncc(-c2ccc3[nH]ncc3c2)[nH]1. The van der Waals surface area contributed by atoms with Crippen LogP contribution in [0.25, 0.3) is 22.2 Å². The average Bonchev–Trinajstić information content (AvgIpc) is 2.88. The van der Waals surface area contributed by atoms with E-state index in [-0.39, 0.29) is 0 Å². The molecule has 0 saturated heterocycles. The van der Waals surface area contributed by atoms with Crippen LogP contribution >= 0.6 is 0 Å². The molecule has 0 aliphatic rings. The van der Waals surface area contributed by atoms with E-state index in [2.05, 4.69) is 26.2 Å². The van der Waals surface area contributed by atoms with Crippen LogP contribution in [-0.4, -0.2) is 20.2 Å². The van der Waals surface area contributed by atoms with Gasteiger partial charge < -0.3 is 4.98 Å². The van der Waals surface area contributed by atoms with E-state index in [4.69, 9.17) is 0 Å². The Kier molecular flexibility index (Phi) is 1.41. The second-order valence-electron chi connectivity index (χ2n) is 3.14. The van der Waals surface area contributed by atoms with Gasteiger partial charge in [-0.1, -0.05) is 6.07 Å². The summed E-state index contributed by atoms with van der Waals surface area (Å²) in [6.45, 7) is 0. The third-order valence-electron chi connectivity index (χ3n) is 2.25. The van der Waals surface area contributed by atoms with E-state index in [0.717, 1.165) is 22.2 Å². The van der Waals surface area contributed by atoms with E-state index in [1.807, 2.05) is 18.3 Å². The first kappa shape index (κ1) is 7.32. The van der Waals surface area contributed by atoms with Crippen LogP contribution < -0.4 is 0 Å². The lowest BCUT2D eigenvalue weighted by Crippen LogP contribution is -1.76. The molecule has 0 aliphatic carbocycles. The molecule has 2 aromatic heterocycles. The maximum atomic E-state index is 3.99. The molecule has 0 radical (unpaired) electrons. The lowest BCUT2D eigenvalue weighted by Gasteiger charge is -1.96. The van der Waals surface area contributed by atoms with Gasteiger partial charge in [-0.2, -0.15) is 5.10 Å². The maximum absolute atomic E-state index is 3.99. The van der Waals surface area contributed by atoms with Crippen molar-refractivity contribution >= 4 is 10.9 Å². The minimum atomic E-state index is 1.02. The summed E-state index contributed by atoms with van der Waals surface area (Å²) in [5, 5.41) is 8.00. The number of rotatable bonds is 1. The van der Waals surface area contributed by atoms with Gasteiger partial charge in [-0.15, -0.1) is 0 Å². The number of nitrogens with zero attached hydrogens (tertiary/aromatic N) is 2. The van der Waals surface area contributed by atoms with Gasteiger partial charge in [0.1, 0.15) is 0 Å². The number of benzene rings is 1. The Balaban J connectivity index is 2.23. The van der Waals surface area contributed by atoms with E-state index in [0.29, 0.717) is 0 Å². The summed E-state index contributed by atoms with van der Waals surface area (Å²) in [5.41, 5.74) is 3.19. The zero-order valence-electron chi connectivity index (χ0n) is 7.36. The Morgan fingerprint density at radius 1 is 1.14 bits per heavy atom. The van der Waals surface area contributed by atoms with Gasteiger partial charge in [-0.05, 0) is 12.1 Å². The van der Waals surface area contributed by atoms with E-state index in [9.17, 15) is 0 Å². The number of aromatic nitrogens is 4. The summed E-state index contributed by atoms with van der Waals surface area (Å²) in [4.78, 5) is 7.06. The first-order chi connectivity index (χ1) is 6.93. The molecular formula is C10H8N4. The molecule has 0 amide bonds. The number of hydrogen-bond donors (Lipinski definition) is 2. The van der Waals surface area contributed by atoms with Gasteiger partial charge in [0, 0.05) is 10.9 Å². The van der Waals surface area contributed by atoms with Gasteiger partial charge in [0.15, 0.2) is 0 Å². The van der Waals surface area contributed by atoms with Gasteiger partial charge in [0.2, 0.25) is 0 Å². The lowest BCUT2D eigenvalue weighted by atomic mass is 10.1. The van der Waals surface area contributed by atoms with Crippen LogP contribution in [0.2, 0.25) is 0 Å². The zero-order chi connectivity index (χ0) is 9.38. The fraction of sp³-hybridized carbons (Fsp3) is 0. The molecule has 2 N–H and O–H groups in total. The van der Waals surface area contributed by atoms with Crippen molar-refractivity contribution in [3.8, 4) is 11.3 Å². The normalized spacial score (nSPS) is 10.9. The van der Waals surface area contributed by atoms with Crippen molar-refractivity contribution in [2.24, 2.45) is 0 Å². The molecule has 0 bridgehead atoms. The number of hydrogen-bond acceptors (Lipinski definition) is 2. The Morgan fingerprint density at radius 2 is 2.14 bits per heavy atom. The lowest BCUT2D eigenvalue weighted by molar-refractivity contribution is 1.12. The third-order valence-corrected chi connectivity index (χ3v) is 2.25. The Hall–Kier alpha value is -2.10. The minimum Gasteiger partial charge on any atom is -0.345 e. The van der Waals surface area contributed by atoms with Gasteiger partial charge in [0.25, 0.3) is 0 Å². The predicted octanol–water partition coefficient (Wildman–Crippen LogP) is 1.95. The molecule has 0 aliphatic heterocycles. The van der Waals surface area contributed by atoms with Crippen LogP contribution in [0, 0.1) is 0 Å². The molecule has 4 heteroatoms. The van der Waals surface area contributed by atoms with Crippen LogP contribution in [0.4, 0.5) is 0 Å². The summed E-state index contributed by atoms with van der Waals surface area (Å²) >= 11 is 0. The Morgan fingerprint density at radius 3 is 3.00 bits per heavy atom. The minimum absolute atomic E-state index is 1.02. The fourth-order valence-electron chi connectivity index (χ4n) is 1.52. The Bertz CT molecular complexity index is 550. The van der Waals surface area contributed by atoms with Crippen molar-refractivity contribution in [1.82, 2.24) is 20.2 Å². The van der Waals surface area contributed by atoms with Crippen LogP contribution in [0.3, 0.4) is 0 Å². The molecular weight excluding hydrogens is 176 g/mol. The van der Waals surface area contributed by atoms with Gasteiger partial charge >= 0.3 is 0 Å². The highest BCUT2D eigenvalue weighted by atomic mass is 15.1. The zero-order valence-corrected chi connectivity index (χ0v) is 7.36. The highest BCUT2D eigenvalue weighted by Gasteiger charge is 2.00. The summed E-state index contributed by atoms with van der Waals surface area (Å²) in [7, 11) is 0. The predicted molar refractivity (Wildman–Crippen MR) is 53.7 cm³/mol. The second-order valence-corrected chi connectivity index (χ2v) is 3.14. The molecule has 0 atom stereocenters. The largest absolute Gasteiger partial charge is 0.345 e. The molecule has 4 nitrogen and oxygen atoms in total. The fourth-order valence-corrected chi connectivity index (χ4v) is 1.52. The van der Waals surface area contributed by atoms with Gasteiger partial charge in [-0.3, -0.25) is 5.10 Å². The van der Waals surface area contributed by atoms with E-state index >= 15 is 0 Å². The highest BCUT2D eigenvalue weighted by molar-refractivity contribution is 5.83. The van der Waals surface area contributed by atoms with Crippen molar-refractivity contribution in [2.45, 2.75) is 0 Å². The molecule has 0 saturated carbocycles. The van der Waals surface area contributed by atoms with Crippen molar-refractivity contribution < 1.29 is 0 Å². The number of H-pyrrole nitrogens is 2. The molecule has 1 aromatic carbocycles. The monoisotopic (exact) mass is 184 g/mol. The maximum Gasteiger partial charge on any atom is 0.0924 e. The van der Waals surface area contributed by atoms with E-state index in [1.54, 1.807) is 12.5 Å². The molecule has 2 heterocycles. The van der Waals surface area contributed by atoms with Gasteiger partial charge in [-0.25, -0.2) is 4.98 Å². The molecule has 0 spiro atoms. The highest BCUT2D eigenvalue weighted by Crippen LogP contribution is 2.20. The smallest absolute Gasteiger partial charge is 0.0924 e. The van der Waals surface area contributed by atoms with E-state index < -0.39 is 0 Å². The summed E-state index contributed by atoms with van der Waals surface area (Å²) in [5.74, 6) is 0. The summed E-state index contributed by atoms with van der Waals surface area (Å²) in [6.07, 6.45) is 5.30. The first-order valence-electron chi connectivity index (χ1n) is 4.35. The molecule has 14 heavy (non-hydrogen) atoms. The molecule has 0 fully saturated rings. The molecule has 3 rings (SSSR count). The summed E-state index contributed by atoms with van der Waals surface area (Å²) in [6, 6.07) is 6.12. The van der Waals surface area contributed by atoms with Crippen molar-refractivity contribution in [2.75, 3.05) is 0 Å². The Labute approximate surface area is 80.0 Å². The van der Waals surface area contributed by atoms with Crippen LogP contribution in [0.1, 0.15) is 0 Å². The quantitative estimate of drug-likeness (QED) is 0.607. The number of nitrogens with one attached hydrogen (secondary N) is 2. The van der Waals surface area contributed by atoms with Crippen molar-refractivity contribution in [3.63, 3.8) is 0 Å². The van der Waals surface area contributed by atoms with Crippen LogP contribution in [-0.2, 0) is 0 Å². The standard InChI is InChI=1S/C10H8N4/c1-2-9-8(4-13-14-9)3-7(1)10-5-11-6-12-10/h1-6H,(H,11,12)(H,13,14). The van der Waals surface area contributed by atoms with Gasteiger partial charge in [0.05, 0.1) is 29.9 Å². The van der Waals surface area contributed by atoms with Crippen molar-refractivity contribution in [1.29, 1.82) is 0 Å². The third kappa shape index (κ3) is 1.01. The summed E-state index contributed by atoms with van der Waals surface area (Å²) < 4.78 is 0. The second kappa shape index (κ2) is 2.70. The number of fused-ring (bicyclic) bond motifs is 1. The van der Waals surface area contributed by atoms with E-state index in [1.165, 1.54) is 0 Å². The van der Waals surface area contributed by atoms with Crippen LogP contribution in [0.15, 0.2) is 36.9 Å². The molecule has 3 aromatic rings. The average molecular weight is 184 g/mol. The van der Waals surface area contributed by atoms with Crippen LogP contribution in [0.5, 0.6) is 0 Å². The first-order valence-corrected chi connectivity index (χ1v) is 4.35. The number of imidazole rings is 1. The topological polar surface area (TPSA) is 57.4 Å².